The lowest BCUT2D eigenvalue weighted by atomic mass is 10.1. The molecule has 2 aromatic rings. The number of benzene rings is 2. The van der Waals surface area contributed by atoms with E-state index in [4.69, 9.17) is 10.00 Å². The molecule has 102 valence electrons. The Morgan fingerprint density at radius 1 is 1.20 bits per heavy atom. The number of ether oxygens (including phenoxy) is 1. The van der Waals surface area contributed by atoms with Crippen LogP contribution in [0.3, 0.4) is 0 Å². The Balaban J connectivity index is 1.97. The molecule has 0 saturated heterocycles. The lowest BCUT2D eigenvalue weighted by molar-refractivity contribution is 0.414. The minimum atomic E-state index is 0.242. The number of hydrogen-bond acceptors (Lipinski definition) is 3. The number of hydrogen-bond donors (Lipinski definition) is 1. The maximum Gasteiger partial charge on any atom is 0.118 e. The molecule has 0 aliphatic carbocycles. The number of rotatable bonds is 5. The van der Waals surface area contributed by atoms with Crippen molar-refractivity contribution < 1.29 is 4.74 Å². The minimum absolute atomic E-state index is 0.242. The molecule has 2 aromatic carbocycles. The van der Waals surface area contributed by atoms with Crippen molar-refractivity contribution in [1.82, 2.24) is 5.32 Å². The second-order valence-corrected chi connectivity index (χ2v) is 4.69. The highest BCUT2D eigenvalue weighted by atomic mass is 16.5. The van der Waals surface area contributed by atoms with Crippen LogP contribution in [0.5, 0.6) is 5.75 Å². The zero-order valence-electron chi connectivity index (χ0n) is 11.8. The maximum atomic E-state index is 8.88. The highest BCUT2D eigenvalue weighted by molar-refractivity contribution is 5.33. The molecule has 3 nitrogen and oxygen atoms in total. The summed E-state index contributed by atoms with van der Waals surface area (Å²) in [6.45, 7) is 2.86. The molecule has 0 unspecified atom stereocenters. The molecule has 0 fully saturated rings. The van der Waals surface area contributed by atoms with Crippen LogP contribution in [0.15, 0.2) is 48.5 Å². The standard InChI is InChI=1S/C17H18N2O/c1-13(16-6-8-17(20-2)9-7-16)19-12-15-5-3-4-14(10-15)11-18/h3-10,13,19H,12H2,1-2H3/t13-/m1/s1. The van der Waals surface area contributed by atoms with Gasteiger partial charge in [0, 0.05) is 12.6 Å². The van der Waals surface area contributed by atoms with Crippen molar-refractivity contribution in [2.24, 2.45) is 0 Å². The summed E-state index contributed by atoms with van der Waals surface area (Å²) in [5.74, 6) is 0.864. The molecule has 0 bridgehead atoms. The molecule has 0 saturated carbocycles. The SMILES string of the molecule is COc1ccc([C@@H](C)NCc2cccc(C#N)c2)cc1. The van der Waals surface area contributed by atoms with Gasteiger partial charge in [0.1, 0.15) is 5.75 Å². The molecule has 1 N–H and O–H groups in total. The predicted molar refractivity (Wildman–Crippen MR) is 79.4 cm³/mol. The summed E-state index contributed by atoms with van der Waals surface area (Å²) in [4.78, 5) is 0. The van der Waals surface area contributed by atoms with Crippen LogP contribution < -0.4 is 10.1 Å². The van der Waals surface area contributed by atoms with Gasteiger partial charge in [-0.25, -0.2) is 0 Å². The lowest BCUT2D eigenvalue weighted by Gasteiger charge is -2.15. The Kier molecular flexibility index (Phi) is 4.75. The minimum Gasteiger partial charge on any atom is -0.497 e. The van der Waals surface area contributed by atoms with Crippen molar-refractivity contribution in [1.29, 1.82) is 5.26 Å². The molecule has 0 aliphatic rings. The van der Waals surface area contributed by atoms with E-state index in [2.05, 4.69) is 30.4 Å². The summed E-state index contributed by atoms with van der Waals surface area (Å²) in [6, 6.07) is 18.1. The maximum absolute atomic E-state index is 8.88. The molecule has 0 radical (unpaired) electrons. The number of nitrogens with zero attached hydrogens (tertiary/aromatic N) is 1. The Labute approximate surface area is 119 Å². The van der Waals surface area contributed by atoms with Crippen LogP contribution >= 0.6 is 0 Å². The van der Waals surface area contributed by atoms with E-state index in [0.29, 0.717) is 5.56 Å². The van der Waals surface area contributed by atoms with Gasteiger partial charge in [-0.2, -0.15) is 5.26 Å². The summed E-state index contributed by atoms with van der Waals surface area (Å²) in [7, 11) is 1.67. The Morgan fingerprint density at radius 3 is 2.60 bits per heavy atom. The lowest BCUT2D eigenvalue weighted by Crippen LogP contribution is -2.18. The van der Waals surface area contributed by atoms with Gasteiger partial charge in [-0.3, -0.25) is 0 Å². The summed E-state index contributed by atoms with van der Waals surface area (Å²) in [6.07, 6.45) is 0. The molecule has 0 heterocycles. The van der Waals surface area contributed by atoms with Crippen molar-refractivity contribution in [2.45, 2.75) is 19.5 Å². The van der Waals surface area contributed by atoms with Gasteiger partial charge >= 0.3 is 0 Å². The molecule has 0 aromatic heterocycles. The number of methoxy groups -OCH3 is 1. The topological polar surface area (TPSA) is 45.0 Å². The van der Waals surface area contributed by atoms with E-state index in [1.165, 1.54) is 5.56 Å². The quantitative estimate of drug-likeness (QED) is 0.902. The van der Waals surface area contributed by atoms with Crippen molar-refractivity contribution >= 4 is 0 Å². The van der Waals surface area contributed by atoms with Crippen LogP contribution in [0.4, 0.5) is 0 Å². The van der Waals surface area contributed by atoms with Gasteiger partial charge < -0.3 is 10.1 Å². The van der Waals surface area contributed by atoms with Crippen LogP contribution in [-0.2, 0) is 6.54 Å². The monoisotopic (exact) mass is 266 g/mol. The molecule has 1 atom stereocenters. The first-order valence-electron chi connectivity index (χ1n) is 6.59. The van der Waals surface area contributed by atoms with Crippen LogP contribution in [0.2, 0.25) is 0 Å². The van der Waals surface area contributed by atoms with Gasteiger partial charge in [0.2, 0.25) is 0 Å². The summed E-state index contributed by atoms with van der Waals surface area (Å²) in [5.41, 5.74) is 3.02. The average Bonchev–Trinajstić information content (AvgIpc) is 2.53. The van der Waals surface area contributed by atoms with E-state index < -0.39 is 0 Å². The van der Waals surface area contributed by atoms with Gasteiger partial charge in [-0.15, -0.1) is 0 Å². The molecule has 0 aliphatic heterocycles. The van der Waals surface area contributed by atoms with Crippen LogP contribution in [-0.4, -0.2) is 7.11 Å². The molecule has 3 heteroatoms. The van der Waals surface area contributed by atoms with Crippen molar-refractivity contribution in [2.75, 3.05) is 7.11 Å². The second kappa shape index (κ2) is 6.74. The van der Waals surface area contributed by atoms with E-state index in [1.807, 2.05) is 36.4 Å². The van der Waals surface area contributed by atoms with Gasteiger partial charge in [-0.05, 0) is 42.3 Å². The predicted octanol–water partition coefficient (Wildman–Crippen LogP) is 3.42. The van der Waals surface area contributed by atoms with Crippen molar-refractivity contribution in [3.63, 3.8) is 0 Å². The largest absolute Gasteiger partial charge is 0.497 e. The van der Waals surface area contributed by atoms with E-state index in [1.54, 1.807) is 7.11 Å². The molecule has 0 spiro atoms. The highest BCUT2D eigenvalue weighted by Gasteiger charge is 2.05. The molecule has 0 amide bonds. The number of nitrogens with one attached hydrogen (secondary N) is 1. The van der Waals surface area contributed by atoms with E-state index >= 15 is 0 Å². The molecule has 2 rings (SSSR count). The van der Waals surface area contributed by atoms with E-state index in [0.717, 1.165) is 17.9 Å². The summed E-state index contributed by atoms with van der Waals surface area (Å²) in [5, 5.41) is 12.3. The van der Waals surface area contributed by atoms with Gasteiger partial charge in [0.25, 0.3) is 0 Å². The zero-order chi connectivity index (χ0) is 14.4. The van der Waals surface area contributed by atoms with Crippen molar-refractivity contribution in [3.05, 3.63) is 65.2 Å². The normalized spacial score (nSPS) is 11.7. The summed E-state index contributed by atoms with van der Waals surface area (Å²) >= 11 is 0. The average molecular weight is 266 g/mol. The third-order valence-corrected chi connectivity index (χ3v) is 3.28. The smallest absolute Gasteiger partial charge is 0.118 e. The van der Waals surface area contributed by atoms with Gasteiger partial charge in [-0.1, -0.05) is 24.3 Å². The number of nitriles is 1. The fourth-order valence-electron chi connectivity index (χ4n) is 2.03. The summed E-state index contributed by atoms with van der Waals surface area (Å²) < 4.78 is 5.15. The Morgan fingerprint density at radius 2 is 1.95 bits per heavy atom. The highest BCUT2D eigenvalue weighted by Crippen LogP contribution is 2.17. The molecular formula is C17H18N2O. The fourth-order valence-corrected chi connectivity index (χ4v) is 2.03. The van der Waals surface area contributed by atoms with Crippen LogP contribution in [0.1, 0.15) is 29.7 Å². The third-order valence-electron chi connectivity index (χ3n) is 3.28. The first kappa shape index (κ1) is 14.1. The Bertz CT molecular complexity index is 599. The second-order valence-electron chi connectivity index (χ2n) is 4.69. The van der Waals surface area contributed by atoms with E-state index in [9.17, 15) is 0 Å². The van der Waals surface area contributed by atoms with Crippen molar-refractivity contribution in [3.8, 4) is 11.8 Å². The fraction of sp³-hybridized carbons (Fsp3) is 0.235. The first-order chi connectivity index (χ1) is 9.72. The Hall–Kier alpha value is -2.31. The van der Waals surface area contributed by atoms with Crippen LogP contribution in [0, 0.1) is 11.3 Å². The van der Waals surface area contributed by atoms with Crippen LogP contribution in [0.25, 0.3) is 0 Å². The zero-order valence-corrected chi connectivity index (χ0v) is 11.8. The first-order valence-corrected chi connectivity index (χ1v) is 6.59. The van der Waals surface area contributed by atoms with Gasteiger partial charge in [0.15, 0.2) is 0 Å². The third kappa shape index (κ3) is 3.59. The van der Waals surface area contributed by atoms with Gasteiger partial charge in [0.05, 0.1) is 18.7 Å². The molecular weight excluding hydrogens is 248 g/mol. The molecule has 20 heavy (non-hydrogen) atoms. The van der Waals surface area contributed by atoms with E-state index in [-0.39, 0.29) is 6.04 Å².